The van der Waals surface area contributed by atoms with Gasteiger partial charge in [-0.25, -0.2) is 5.43 Å². The lowest BCUT2D eigenvalue weighted by molar-refractivity contribution is 0.0950. The molecule has 0 saturated heterocycles. The van der Waals surface area contributed by atoms with Gasteiger partial charge in [0, 0.05) is 5.56 Å². The molecule has 2 N–H and O–H groups in total. The number of amides is 1. The van der Waals surface area contributed by atoms with Gasteiger partial charge in [0.2, 0.25) is 0 Å². The zero-order chi connectivity index (χ0) is 18.5. The normalized spacial score (nSPS) is 11.3. The summed E-state index contributed by atoms with van der Waals surface area (Å²) in [5.41, 5.74) is 5.03. The summed E-state index contributed by atoms with van der Waals surface area (Å²) >= 11 is 1.57. The van der Waals surface area contributed by atoms with E-state index in [1.807, 2.05) is 23.6 Å². The molecule has 0 atom stereocenters. The van der Waals surface area contributed by atoms with Crippen LogP contribution in [0.2, 0.25) is 0 Å². The van der Waals surface area contributed by atoms with Crippen molar-refractivity contribution in [2.24, 2.45) is 5.10 Å². The Labute approximate surface area is 154 Å². The predicted octanol–water partition coefficient (Wildman–Crippen LogP) is 3.31. The van der Waals surface area contributed by atoms with Gasteiger partial charge >= 0.3 is 0 Å². The SMILES string of the molecule is COc1ccc(/C(C)=N\NC(=O)c2cc(-c3cccs3)[nH]n2)cc1OC. The highest BCUT2D eigenvalue weighted by molar-refractivity contribution is 7.13. The predicted molar refractivity (Wildman–Crippen MR) is 101 cm³/mol. The highest BCUT2D eigenvalue weighted by Gasteiger charge is 2.12. The van der Waals surface area contributed by atoms with Crippen LogP contribution in [-0.2, 0) is 0 Å². The molecule has 1 amide bonds. The van der Waals surface area contributed by atoms with Crippen LogP contribution in [0.25, 0.3) is 10.6 Å². The molecule has 7 nitrogen and oxygen atoms in total. The second kappa shape index (κ2) is 7.83. The maximum absolute atomic E-state index is 12.2. The molecule has 0 aliphatic heterocycles. The number of H-pyrrole nitrogens is 1. The molecular weight excluding hydrogens is 352 g/mol. The average Bonchev–Trinajstić information content (AvgIpc) is 3.36. The summed E-state index contributed by atoms with van der Waals surface area (Å²) in [6.45, 7) is 1.79. The molecule has 2 heterocycles. The van der Waals surface area contributed by atoms with Crippen LogP contribution in [0, 0.1) is 0 Å². The van der Waals surface area contributed by atoms with Crippen molar-refractivity contribution < 1.29 is 14.3 Å². The Kier molecular flexibility index (Phi) is 5.33. The molecule has 0 saturated carbocycles. The summed E-state index contributed by atoms with van der Waals surface area (Å²) in [6.07, 6.45) is 0. The van der Waals surface area contributed by atoms with E-state index in [-0.39, 0.29) is 11.6 Å². The Morgan fingerprint density at radius 2 is 2.00 bits per heavy atom. The number of hydrogen-bond acceptors (Lipinski definition) is 6. The number of thiophene rings is 1. The van der Waals surface area contributed by atoms with Crippen LogP contribution in [-0.4, -0.2) is 36.0 Å². The number of aromatic nitrogens is 2. The Morgan fingerprint density at radius 3 is 2.69 bits per heavy atom. The average molecular weight is 370 g/mol. The van der Waals surface area contributed by atoms with Gasteiger partial charge in [0.05, 0.1) is 30.5 Å². The summed E-state index contributed by atoms with van der Waals surface area (Å²) in [5, 5.41) is 13.0. The quantitative estimate of drug-likeness (QED) is 0.515. The number of methoxy groups -OCH3 is 2. The topological polar surface area (TPSA) is 88.6 Å². The third kappa shape index (κ3) is 3.75. The molecule has 0 fully saturated rings. The highest BCUT2D eigenvalue weighted by Crippen LogP contribution is 2.27. The van der Waals surface area contributed by atoms with E-state index in [0.29, 0.717) is 17.2 Å². The van der Waals surface area contributed by atoms with E-state index in [4.69, 9.17) is 9.47 Å². The van der Waals surface area contributed by atoms with Crippen molar-refractivity contribution in [1.29, 1.82) is 0 Å². The third-order valence-corrected chi connectivity index (χ3v) is 4.63. The minimum Gasteiger partial charge on any atom is -0.493 e. The largest absolute Gasteiger partial charge is 0.493 e. The van der Waals surface area contributed by atoms with Crippen molar-refractivity contribution >= 4 is 23.0 Å². The first-order valence-corrected chi connectivity index (χ1v) is 8.66. The first-order chi connectivity index (χ1) is 12.6. The van der Waals surface area contributed by atoms with Gasteiger partial charge in [-0.15, -0.1) is 11.3 Å². The number of carbonyl (C=O) groups excluding carboxylic acids is 1. The summed E-state index contributed by atoms with van der Waals surface area (Å²) < 4.78 is 10.5. The van der Waals surface area contributed by atoms with E-state index in [1.54, 1.807) is 50.7 Å². The van der Waals surface area contributed by atoms with E-state index >= 15 is 0 Å². The van der Waals surface area contributed by atoms with Crippen LogP contribution in [0.15, 0.2) is 46.9 Å². The zero-order valence-electron chi connectivity index (χ0n) is 14.6. The maximum atomic E-state index is 12.2. The van der Waals surface area contributed by atoms with Gasteiger partial charge in [-0.1, -0.05) is 6.07 Å². The lowest BCUT2D eigenvalue weighted by Crippen LogP contribution is -2.19. The number of hydrogen-bond donors (Lipinski definition) is 2. The van der Waals surface area contributed by atoms with Crippen molar-refractivity contribution in [1.82, 2.24) is 15.6 Å². The van der Waals surface area contributed by atoms with Gasteiger partial charge in [-0.3, -0.25) is 9.89 Å². The molecule has 0 unspecified atom stereocenters. The fourth-order valence-electron chi connectivity index (χ4n) is 2.31. The van der Waals surface area contributed by atoms with Crippen LogP contribution < -0.4 is 14.9 Å². The van der Waals surface area contributed by atoms with Crippen molar-refractivity contribution in [3.63, 3.8) is 0 Å². The number of ether oxygens (including phenoxy) is 2. The number of carbonyl (C=O) groups is 1. The van der Waals surface area contributed by atoms with Crippen molar-refractivity contribution in [2.45, 2.75) is 6.92 Å². The second-order valence-corrected chi connectivity index (χ2v) is 6.30. The van der Waals surface area contributed by atoms with Crippen molar-refractivity contribution in [3.8, 4) is 22.1 Å². The number of hydrazone groups is 1. The van der Waals surface area contributed by atoms with Crippen LogP contribution in [0.3, 0.4) is 0 Å². The third-order valence-electron chi connectivity index (χ3n) is 3.72. The Hall–Kier alpha value is -3.13. The van der Waals surface area contributed by atoms with E-state index in [2.05, 4.69) is 20.7 Å². The molecule has 8 heteroatoms. The van der Waals surface area contributed by atoms with E-state index in [0.717, 1.165) is 16.1 Å². The van der Waals surface area contributed by atoms with Gasteiger partial charge in [0.15, 0.2) is 17.2 Å². The Morgan fingerprint density at radius 1 is 1.19 bits per heavy atom. The molecule has 2 aromatic heterocycles. The minimum absolute atomic E-state index is 0.275. The van der Waals surface area contributed by atoms with Crippen molar-refractivity contribution in [2.75, 3.05) is 14.2 Å². The number of rotatable bonds is 6. The maximum Gasteiger partial charge on any atom is 0.291 e. The number of benzene rings is 1. The smallest absolute Gasteiger partial charge is 0.291 e. The summed E-state index contributed by atoms with van der Waals surface area (Å²) in [7, 11) is 3.14. The van der Waals surface area contributed by atoms with E-state index < -0.39 is 0 Å². The van der Waals surface area contributed by atoms with Gasteiger partial charge in [0.25, 0.3) is 5.91 Å². The minimum atomic E-state index is -0.385. The lowest BCUT2D eigenvalue weighted by atomic mass is 10.1. The molecule has 26 heavy (non-hydrogen) atoms. The van der Waals surface area contributed by atoms with E-state index in [9.17, 15) is 4.79 Å². The number of aromatic amines is 1. The van der Waals surface area contributed by atoms with Gasteiger partial charge in [-0.2, -0.15) is 10.2 Å². The molecule has 0 spiro atoms. The molecule has 134 valence electrons. The lowest BCUT2D eigenvalue weighted by Gasteiger charge is -2.09. The first-order valence-electron chi connectivity index (χ1n) is 7.78. The summed E-state index contributed by atoms with van der Waals surface area (Å²) in [6, 6.07) is 11.0. The van der Waals surface area contributed by atoms with Crippen LogP contribution in [0.5, 0.6) is 11.5 Å². The van der Waals surface area contributed by atoms with Crippen LogP contribution >= 0.6 is 11.3 Å². The second-order valence-electron chi connectivity index (χ2n) is 5.35. The fraction of sp³-hybridized carbons (Fsp3) is 0.167. The molecular formula is C18H18N4O3S. The number of nitrogens with zero attached hydrogens (tertiary/aromatic N) is 2. The van der Waals surface area contributed by atoms with Gasteiger partial charge < -0.3 is 9.47 Å². The Bertz CT molecular complexity index is 932. The number of nitrogens with one attached hydrogen (secondary N) is 2. The zero-order valence-corrected chi connectivity index (χ0v) is 15.4. The molecule has 0 aliphatic rings. The standard InChI is InChI=1S/C18H18N4O3S/c1-11(12-6-7-15(24-2)16(9-12)25-3)19-22-18(23)14-10-13(20-21-14)17-5-4-8-26-17/h4-10H,1-3H3,(H,20,21)(H,22,23)/b19-11-. The van der Waals surface area contributed by atoms with E-state index in [1.165, 1.54) is 0 Å². The highest BCUT2D eigenvalue weighted by atomic mass is 32.1. The van der Waals surface area contributed by atoms with Gasteiger partial charge in [-0.05, 0) is 42.6 Å². The first kappa shape index (κ1) is 17.7. The molecule has 0 radical (unpaired) electrons. The van der Waals surface area contributed by atoms with Crippen LogP contribution in [0.1, 0.15) is 23.0 Å². The monoisotopic (exact) mass is 370 g/mol. The fourth-order valence-corrected chi connectivity index (χ4v) is 3.01. The Balaban J connectivity index is 1.72. The molecule has 3 aromatic rings. The molecule has 0 aliphatic carbocycles. The summed E-state index contributed by atoms with van der Waals surface area (Å²) in [4.78, 5) is 13.3. The molecule has 0 bridgehead atoms. The van der Waals surface area contributed by atoms with Crippen LogP contribution in [0.4, 0.5) is 0 Å². The summed E-state index contributed by atoms with van der Waals surface area (Å²) in [5.74, 6) is 0.841. The molecule has 1 aromatic carbocycles. The van der Waals surface area contributed by atoms with Gasteiger partial charge in [0.1, 0.15) is 0 Å². The molecule has 3 rings (SSSR count). The van der Waals surface area contributed by atoms with Crippen molar-refractivity contribution in [3.05, 3.63) is 53.0 Å².